The quantitative estimate of drug-likeness (QED) is 0.734. The molecule has 0 aliphatic carbocycles. The lowest BCUT2D eigenvalue weighted by Gasteiger charge is -2.19. The summed E-state index contributed by atoms with van der Waals surface area (Å²) in [6.45, 7) is 5.89. The first-order chi connectivity index (χ1) is 9.88. The molecule has 21 heavy (non-hydrogen) atoms. The minimum atomic E-state index is -0.525. The van der Waals surface area contributed by atoms with Gasteiger partial charge in [0.15, 0.2) is 0 Å². The molecule has 0 saturated carbocycles. The molecule has 0 saturated heterocycles. The number of rotatable bonds is 9. The van der Waals surface area contributed by atoms with E-state index in [4.69, 9.17) is 16.3 Å². The van der Waals surface area contributed by atoms with E-state index in [0.717, 1.165) is 29.3 Å². The smallest absolute Gasteiger partial charge is 0.119 e. The van der Waals surface area contributed by atoms with Crippen molar-refractivity contribution < 1.29 is 9.84 Å². The van der Waals surface area contributed by atoms with Gasteiger partial charge in [-0.2, -0.15) is 0 Å². The molecule has 4 nitrogen and oxygen atoms in total. The zero-order valence-electron chi connectivity index (χ0n) is 13.4. The number of aryl methyl sites for hydroxylation is 1. The molecule has 0 amide bonds. The van der Waals surface area contributed by atoms with Gasteiger partial charge in [0.25, 0.3) is 0 Å². The number of benzene rings is 1. The van der Waals surface area contributed by atoms with Crippen molar-refractivity contribution in [3.8, 4) is 5.75 Å². The van der Waals surface area contributed by atoms with Crippen LogP contribution >= 0.6 is 11.6 Å². The van der Waals surface area contributed by atoms with Crippen molar-refractivity contribution in [2.75, 3.05) is 33.8 Å². The van der Waals surface area contributed by atoms with Crippen LogP contribution in [-0.4, -0.2) is 55.9 Å². The maximum atomic E-state index is 9.94. The fourth-order valence-electron chi connectivity index (χ4n) is 1.85. The van der Waals surface area contributed by atoms with Crippen molar-refractivity contribution in [2.24, 2.45) is 0 Å². The molecular formula is C16H27ClN2O2. The van der Waals surface area contributed by atoms with Crippen LogP contribution in [0.2, 0.25) is 5.02 Å². The predicted molar refractivity (Wildman–Crippen MR) is 88.3 cm³/mol. The number of aliphatic hydroxyl groups is 1. The SMILES string of the molecule is Cc1cc(OCC(O)CNC(C)CCN(C)C)ccc1Cl. The van der Waals surface area contributed by atoms with E-state index in [1.165, 1.54) is 0 Å². The van der Waals surface area contributed by atoms with Crippen molar-refractivity contribution in [1.29, 1.82) is 0 Å². The molecule has 0 bridgehead atoms. The number of aliphatic hydroxyl groups excluding tert-OH is 1. The van der Waals surface area contributed by atoms with Gasteiger partial charge < -0.3 is 20.1 Å². The van der Waals surface area contributed by atoms with Gasteiger partial charge in [-0.25, -0.2) is 0 Å². The first kappa shape index (κ1) is 18.2. The highest BCUT2D eigenvalue weighted by Crippen LogP contribution is 2.21. The van der Waals surface area contributed by atoms with E-state index in [1.807, 2.05) is 19.1 Å². The van der Waals surface area contributed by atoms with Crippen LogP contribution in [0.5, 0.6) is 5.75 Å². The molecule has 5 heteroatoms. The summed E-state index contributed by atoms with van der Waals surface area (Å²) in [7, 11) is 4.12. The number of hydrogen-bond donors (Lipinski definition) is 2. The molecule has 2 unspecified atom stereocenters. The molecule has 2 atom stereocenters. The third-order valence-electron chi connectivity index (χ3n) is 3.28. The van der Waals surface area contributed by atoms with Crippen LogP contribution in [0.4, 0.5) is 0 Å². The number of nitrogens with zero attached hydrogens (tertiary/aromatic N) is 1. The maximum Gasteiger partial charge on any atom is 0.119 e. The summed E-state index contributed by atoms with van der Waals surface area (Å²) < 4.78 is 5.58. The Morgan fingerprint density at radius 2 is 2.10 bits per heavy atom. The molecule has 120 valence electrons. The molecule has 0 heterocycles. The fraction of sp³-hybridized carbons (Fsp3) is 0.625. The van der Waals surface area contributed by atoms with Crippen LogP contribution in [-0.2, 0) is 0 Å². The van der Waals surface area contributed by atoms with Crippen LogP contribution in [0, 0.1) is 6.92 Å². The Hall–Kier alpha value is -0.810. The Kier molecular flexibility index (Phi) is 8.04. The second-order valence-corrected chi connectivity index (χ2v) is 6.18. The molecule has 0 spiro atoms. The van der Waals surface area contributed by atoms with Gasteiger partial charge in [0, 0.05) is 17.6 Å². The van der Waals surface area contributed by atoms with Gasteiger partial charge in [0.1, 0.15) is 18.5 Å². The van der Waals surface area contributed by atoms with Gasteiger partial charge in [-0.3, -0.25) is 0 Å². The van der Waals surface area contributed by atoms with E-state index in [0.29, 0.717) is 12.6 Å². The highest BCUT2D eigenvalue weighted by Gasteiger charge is 2.09. The lowest BCUT2D eigenvalue weighted by atomic mass is 10.2. The Morgan fingerprint density at radius 1 is 1.38 bits per heavy atom. The lowest BCUT2D eigenvalue weighted by molar-refractivity contribution is 0.103. The second kappa shape index (κ2) is 9.26. The topological polar surface area (TPSA) is 44.7 Å². The van der Waals surface area contributed by atoms with Gasteiger partial charge in [0.05, 0.1) is 0 Å². The summed E-state index contributed by atoms with van der Waals surface area (Å²) in [6, 6.07) is 5.87. The average molecular weight is 315 g/mol. The zero-order valence-corrected chi connectivity index (χ0v) is 14.2. The third-order valence-corrected chi connectivity index (χ3v) is 3.71. The van der Waals surface area contributed by atoms with E-state index >= 15 is 0 Å². The third kappa shape index (κ3) is 7.67. The lowest BCUT2D eigenvalue weighted by Crippen LogP contribution is -2.37. The van der Waals surface area contributed by atoms with Crippen LogP contribution < -0.4 is 10.1 Å². The number of halogens is 1. The summed E-state index contributed by atoms with van der Waals surface area (Å²) in [4.78, 5) is 2.15. The highest BCUT2D eigenvalue weighted by atomic mass is 35.5. The normalized spacial score (nSPS) is 14.2. The molecule has 1 aromatic carbocycles. The van der Waals surface area contributed by atoms with E-state index < -0.39 is 6.10 Å². The molecule has 1 aromatic rings. The zero-order chi connectivity index (χ0) is 15.8. The van der Waals surface area contributed by atoms with Gasteiger partial charge in [-0.1, -0.05) is 11.6 Å². The largest absolute Gasteiger partial charge is 0.491 e. The Bertz CT molecular complexity index is 427. The maximum absolute atomic E-state index is 9.94. The number of nitrogens with one attached hydrogen (secondary N) is 1. The van der Waals surface area contributed by atoms with Crippen molar-refractivity contribution in [1.82, 2.24) is 10.2 Å². The standard InChI is InChI=1S/C16H27ClN2O2/c1-12-9-15(5-6-16(12)17)21-11-14(20)10-18-13(2)7-8-19(3)4/h5-6,9,13-14,18,20H,7-8,10-11H2,1-4H3. The van der Waals surface area contributed by atoms with Crippen molar-refractivity contribution >= 4 is 11.6 Å². The van der Waals surface area contributed by atoms with Gasteiger partial charge in [-0.05, 0) is 64.7 Å². The minimum Gasteiger partial charge on any atom is -0.491 e. The van der Waals surface area contributed by atoms with Crippen LogP contribution in [0.25, 0.3) is 0 Å². The van der Waals surface area contributed by atoms with Gasteiger partial charge >= 0.3 is 0 Å². The molecule has 0 aromatic heterocycles. The van der Waals surface area contributed by atoms with E-state index in [9.17, 15) is 5.11 Å². The summed E-state index contributed by atoms with van der Waals surface area (Å²) >= 11 is 5.96. The van der Waals surface area contributed by atoms with E-state index in [2.05, 4.69) is 31.2 Å². The Labute approximate surface area is 133 Å². The molecule has 1 rings (SSSR count). The summed E-state index contributed by atoms with van der Waals surface area (Å²) in [5.74, 6) is 0.733. The van der Waals surface area contributed by atoms with Gasteiger partial charge in [0.2, 0.25) is 0 Å². The Morgan fingerprint density at radius 3 is 2.71 bits per heavy atom. The second-order valence-electron chi connectivity index (χ2n) is 5.78. The van der Waals surface area contributed by atoms with Crippen LogP contribution in [0.15, 0.2) is 18.2 Å². The summed E-state index contributed by atoms with van der Waals surface area (Å²) in [5.41, 5.74) is 0.971. The summed E-state index contributed by atoms with van der Waals surface area (Å²) in [6.07, 6.45) is 0.527. The van der Waals surface area contributed by atoms with E-state index in [1.54, 1.807) is 6.07 Å². The fourth-order valence-corrected chi connectivity index (χ4v) is 1.97. The average Bonchev–Trinajstić information content (AvgIpc) is 2.44. The number of hydrogen-bond acceptors (Lipinski definition) is 4. The van der Waals surface area contributed by atoms with Crippen LogP contribution in [0.1, 0.15) is 18.9 Å². The minimum absolute atomic E-state index is 0.272. The number of ether oxygens (including phenoxy) is 1. The summed E-state index contributed by atoms with van der Waals surface area (Å²) in [5, 5.41) is 14.0. The molecular weight excluding hydrogens is 288 g/mol. The Balaban J connectivity index is 2.24. The predicted octanol–water partition coefficient (Wildman–Crippen LogP) is 2.32. The van der Waals surface area contributed by atoms with Crippen molar-refractivity contribution in [3.63, 3.8) is 0 Å². The molecule has 2 N–H and O–H groups in total. The molecule has 0 fully saturated rings. The molecule has 0 aliphatic heterocycles. The van der Waals surface area contributed by atoms with Crippen LogP contribution in [0.3, 0.4) is 0 Å². The van der Waals surface area contributed by atoms with E-state index in [-0.39, 0.29) is 6.61 Å². The molecule has 0 radical (unpaired) electrons. The van der Waals surface area contributed by atoms with Crippen molar-refractivity contribution in [3.05, 3.63) is 28.8 Å². The monoisotopic (exact) mass is 314 g/mol. The van der Waals surface area contributed by atoms with Gasteiger partial charge in [-0.15, -0.1) is 0 Å². The van der Waals surface area contributed by atoms with Crippen molar-refractivity contribution in [2.45, 2.75) is 32.4 Å². The molecule has 0 aliphatic rings. The first-order valence-corrected chi connectivity index (χ1v) is 7.71. The highest BCUT2D eigenvalue weighted by molar-refractivity contribution is 6.31. The first-order valence-electron chi connectivity index (χ1n) is 7.33.